The lowest BCUT2D eigenvalue weighted by Gasteiger charge is -2.11. The van der Waals surface area contributed by atoms with Gasteiger partial charge in [-0.15, -0.1) is 0 Å². The molecule has 172 valence electrons. The van der Waals surface area contributed by atoms with E-state index < -0.39 is 10.1 Å². The van der Waals surface area contributed by atoms with E-state index in [0.29, 0.717) is 23.5 Å². The van der Waals surface area contributed by atoms with Gasteiger partial charge in [0, 0.05) is 6.07 Å². The fourth-order valence-corrected chi connectivity index (χ4v) is 4.44. The average molecular weight is 449 g/mol. The smallest absolute Gasteiger partial charge is 0.294 e. The van der Waals surface area contributed by atoms with Crippen molar-refractivity contribution in [3.63, 3.8) is 0 Å². The molecule has 5 nitrogen and oxygen atoms in total. The first kappa shape index (κ1) is 25.2. The van der Waals surface area contributed by atoms with Gasteiger partial charge < -0.3 is 9.84 Å². The highest BCUT2D eigenvalue weighted by atomic mass is 32.2. The van der Waals surface area contributed by atoms with Gasteiger partial charge in [0.2, 0.25) is 0 Å². The third kappa shape index (κ3) is 9.74. The van der Waals surface area contributed by atoms with Crippen molar-refractivity contribution in [3.8, 4) is 17.2 Å². The van der Waals surface area contributed by atoms with E-state index in [1.807, 2.05) is 0 Å². The molecule has 0 aliphatic heterocycles. The molecule has 2 rings (SSSR count). The minimum absolute atomic E-state index is 0.101. The number of unbranched alkanes of at least 4 members (excludes halogenated alkanes) is 10. The molecule has 0 aliphatic carbocycles. The number of rotatable bonds is 15. The summed E-state index contributed by atoms with van der Waals surface area (Å²) in [6.45, 7) is 2.23. The summed E-state index contributed by atoms with van der Waals surface area (Å²) >= 11 is 0. The molecule has 0 unspecified atom stereocenters. The van der Waals surface area contributed by atoms with Crippen LogP contribution in [0.15, 0.2) is 47.4 Å². The number of hydrogen-bond donors (Lipinski definition) is 2. The van der Waals surface area contributed by atoms with Crippen LogP contribution >= 0.6 is 0 Å². The Balaban J connectivity index is 1.79. The molecule has 0 bridgehead atoms. The Labute approximate surface area is 187 Å². The van der Waals surface area contributed by atoms with Crippen LogP contribution in [-0.2, 0) is 16.5 Å². The van der Waals surface area contributed by atoms with Crippen LogP contribution < -0.4 is 4.74 Å². The molecule has 2 aromatic carbocycles. The standard InChI is InChI=1S/C25H36O5S/c1-2-3-4-5-6-7-8-9-10-11-12-13-21-14-17-24(20-25(21)31(27,28)29)30-23-18-15-22(26)16-19-23/h14-20,26H,2-13H2,1H3,(H,27,28,29). The number of hydrogen-bond acceptors (Lipinski definition) is 4. The van der Waals surface area contributed by atoms with Crippen LogP contribution in [0.2, 0.25) is 0 Å². The van der Waals surface area contributed by atoms with Crippen molar-refractivity contribution in [1.82, 2.24) is 0 Å². The third-order valence-electron chi connectivity index (χ3n) is 5.44. The largest absolute Gasteiger partial charge is 0.508 e. The van der Waals surface area contributed by atoms with Gasteiger partial charge in [0.15, 0.2) is 0 Å². The van der Waals surface area contributed by atoms with E-state index >= 15 is 0 Å². The normalized spacial score (nSPS) is 11.5. The van der Waals surface area contributed by atoms with Gasteiger partial charge >= 0.3 is 0 Å². The lowest BCUT2D eigenvalue weighted by molar-refractivity contribution is 0.461. The molecule has 6 heteroatoms. The highest BCUT2D eigenvalue weighted by molar-refractivity contribution is 7.85. The predicted molar refractivity (Wildman–Crippen MR) is 125 cm³/mol. The van der Waals surface area contributed by atoms with Gasteiger partial charge in [-0.3, -0.25) is 4.55 Å². The quantitative estimate of drug-likeness (QED) is 0.221. The molecule has 0 fully saturated rings. The first-order chi connectivity index (χ1) is 14.9. The highest BCUT2D eigenvalue weighted by Crippen LogP contribution is 2.28. The van der Waals surface area contributed by atoms with Gasteiger partial charge in [0.25, 0.3) is 10.1 Å². The van der Waals surface area contributed by atoms with E-state index in [0.717, 1.165) is 19.3 Å². The molecule has 0 amide bonds. The van der Waals surface area contributed by atoms with Crippen LogP contribution in [0.3, 0.4) is 0 Å². The minimum atomic E-state index is -4.34. The van der Waals surface area contributed by atoms with Crippen molar-refractivity contribution in [2.45, 2.75) is 88.9 Å². The molecule has 0 heterocycles. The molecule has 31 heavy (non-hydrogen) atoms. The maximum Gasteiger partial charge on any atom is 0.294 e. The summed E-state index contributed by atoms with van der Waals surface area (Å²) in [6, 6.07) is 10.9. The summed E-state index contributed by atoms with van der Waals surface area (Å²) in [6.07, 6.45) is 14.1. The third-order valence-corrected chi connectivity index (χ3v) is 6.37. The lowest BCUT2D eigenvalue weighted by atomic mass is 10.0. The molecule has 0 spiro atoms. The lowest BCUT2D eigenvalue weighted by Crippen LogP contribution is -2.04. The van der Waals surface area contributed by atoms with E-state index in [-0.39, 0.29) is 10.6 Å². The monoisotopic (exact) mass is 448 g/mol. The van der Waals surface area contributed by atoms with Gasteiger partial charge in [0.1, 0.15) is 22.1 Å². The average Bonchev–Trinajstić information content (AvgIpc) is 2.73. The number of benzene rings is 2. The molecule has 2 aromatic rings. The molecule has 2 N–H and O–H groups in total. The second-order valence-corrected chi connectivity index (χ2v) is 9.52. The van der Waals surface area contributed by atoms with E-state index in [1.165, 1.54) is 69.6 Å². The molecule has 0 atom stereocenters. The molecule has 0 aliphatic rings. The summed E-state index contributed by atoms with van der Waals surface area (Å²) in [5.74, 6) is 0.909. The van der Waals surface area contributed by atoms with E-state index in [1.54, 1.807) is 24.3 Å². The van der Waals surface area contributed by atoms with Crippen LogP contribution in [0.4, 0.5) is 0 Å². The Bertz CT molecular complexity index is 875. The summed E-state index contributed by atoms with van der Waals surface area (Å²) in [7, 11) is -4.34. The highest BCUT2D eigenvalue weighted by Gasteiger charge is 2.17. The summed E-state index contributed by atoms with van der Waals surface area (Å²) in [5.41, 5.74) is 0.608. The van der Waals surface area contributed by atoms with Gasteiger partial charge in [-0.25, -0.2) is 0 Å². The first-order valence-electron chi connectivity index (χ1n) is 11.5. The number of phenols is 1. The maximum atomic E-state index is 11.9. The van der Waals surface area contributed by atoms with E-state index in [2.05, 4.69) is 6.92 Å². The van der Waals surface area contributed by atoms with Crippen LogP contribution in [0.5, 0.6) is 17.2 Å². The number of ether oxygens (including phenoxy) is 1. The Hall–Kier alpha value is -2.05. The summed E-state index contributed by atoms with van der Waals surface area (Å²) < 4.78 is 39.0. The topological polar surface area (TPSA) is 83.8 Å². The molecule has 0 aromatic heterocycles. The van der Waals surface area contributed by atoms with Crippen molar-refractivity contribution in [1.29, 1.82) is 0 Å². The van der Waals surface area contributed by atoms with E-state index in [4.69, 9.17) is 4.74 Å². The van der Waals surface area contributed by atoms with Gasteiger partial charge in [-0.2, -0.15) is 8.42 Å². The Kier molecular flexibility index (Phi) is 10.9. The van der Waals surface area contributed by atoms with Crippen molar-refractivity contribution >= 4 is 10.1 Å². The summed E-state index contributed by atoms with van der Waals surface area (Å²) in [4.78, 5) is -0.101. The predicted octanol–water partition coefficient (Wildman–Crippen LogP) is 7.28. The second kappa shape index (κ2) is 13.4. The Morgan fingerprint density at radius 2 is 1.26 bits per heavy atom. The molecule has 0 radical (unpaired) electrons. The number of phenolic OH excluding ortho intramolecular Hbond substituents is 1. The van der Waals surface area contributed by atoms with Gasteiger partial charge in [0.05, 0.1) is 0 Å². The SMILES string of the molecule is CCCCCCCCCCCCCc1ccc(Oc2ccc(O)cc2)cc1S(=O)(=O)O. The van der Waals surface area contributed by atoms with Gasteiger partial charge in [-0.05, 0) is 48.7 Å². The number of aromatic hydroxyl groups is 1. The first-order valence-corrected chi connectivity index (χ1v) is 12.9. The fraction of sp³-hybridized carbons (Fsp3) is 0.520. The molecular weight excluding hydrogens is 412 g/mol. The minimum Gasteiger partial charge on any atom is -0.508 e. The molecule has 0 saturated carbocycles. The van der Waals surface area contributed by atoms with Crippen LogP contribution in [-0.4, -0.2) is 18.1 Å². The molecular formula is C25H36O5S. The zero-order chi connectivity index (χ0) is 22.5. The van der Waals surface area contributed by atoms with Crippen molar-refractivity contribution in [3.05, 3.63) is 48.0 Å². The Morgan fingerprint density at radius 1 is 0.742 bits per heavy atom. The number of aryl methyl sites for hydroxylation is 1. The zero-order valence-electron chi connectivity index (χ0n) is 18.6. The zero-order valence-corrected chi connectivity index (χ0v) is 19.4. The van der Waals surface area contributed by atoms with Crippen molar-refractivity contribution < 1.29 is 22.8 Å². The van der Waals surface area contributed by atoms with Crippen LogP contribution in [0.25, 0.3) is 0 Å². The molecule has 0 saturated heterocycles. The van der Waals surface area contributed by atoms with Crippen LogP contribution in [0.1, 0.15) is 83.1 Å². The Morgan fingerprint density at radius 3 is 1.81 bits per heavy atom. The van der Waals surface area contributed by atoms with Crippen molar-refractivity contribution in [2.75, 3.05) is 0 Å². The van der Waals surface area contributed by atoms with Crippen LogP contribution in [0, 0.1) is 0 Å². The second-order valence-electron chi connectivity index (χ2n) is 8.13. The maximum absolute atomic E-state index is 11.9. The summed E-state index contributed by atoms with van der Waals surface area (Å²) in [5, 5.41) is 9.34. The fourth-order valence-electron chi connectivity index (χ4n) is 3.67. The van der Waals surface area contributed by atoms with Gasteiger partial charge in [-0.1, -0.05) is 77.2 Å². The van der Waals surface area contributed by atoms with Crippen molar-refractivity contribution in [2.24, 2.45) is 0 Å². The van der Waals surface area contributed by atoms with E-state index in [9.17, 15) is 18.1 Å².